The molecule has 21 heavy (non-hydrogen) atoms. The molecule has 1 aromatic carbocycles. The molecule has 0 bridgehead atoms. The molecule has 1 heterocycles. The fourth-order valence-electron chi connectivity index (χ4n) is 2.23. The molecule has 0 aliphatic carbocycles. The number of ether oxygens (including phenoxy) is 1. The van der Waals surface area contributed by atoms with Gasteiger partial charge in [-0.2, -0.15) is 0 Å². The number of rotatable bonds is 4. The second-order valence-electron chi connectivity index (χ2n) is 4.88. The number of amides is 1. The largest absolute Gasteiger partial charge is 0.375 e. The van der Waals surface area contributed by atoms with Crippen LogP contribution in [0, 0.1) is 0 Å². The van der Waals surface area contributed by atoms with Crippen molar-refractivity contribution >= 4 is 15.9 Å². The van der Waals surface area contributed by atoms with E-state index in [4.69, 9.17) is 4.74 Å². The number of hydrogen-bond donors (Lipinski definition) is 1. The van der Waals surface area contributed by atoms with Crippen molar-refractivity contribution in [2.45, 2.75) is 24.3 Å². The molecule has 0 aromatic heterocycles. The number of nitrogens with one attached hydrogen (secondary N) is 1. The molecule has 116 valence electrons. The predicted octanol–water partition coefficient (Wildman–Crippen LogP) is 0.846. The van der Waals surface area contributed by atoms with Gasteiger partial charge in [-0.05, 0) is 37.7 Å². The maximum atomic E-state index is 12.4. The van der Waals surface area contributed by atoms with Crippen molar-refractivity contribution in [2.24, 2.45) is 0 Å². The van der Waals surface area contributed by atoms with E-state index >= 15 is 0 Å². The molecule has 1 saturated heterocycles. The molecular formula is C14H20N2O4S. The first-order valence-corrected chi connectivity index (χ1v) is 8.40. The standard InChI is InChI=1S/C14H20N2O4S/c1-3-12-10-16(8-9-20-12)14(17)11-4-6-13(7-5-11)21(18,19)15-2/h4-7,12,15H,3,8-10H2,1-2H3. The number of carbonyl (C=O) groups is 1. The maximum Gasteiger partial charge on any atom is 0.254 e. The van der Waals surface area contributed by atoms with E-state index in [0.717, 1.165) is 6.42 Å². The molecule has 0 saturated carbocycles. The third-order valence-corrected chi connectivity index (χ3v) is 4.99. The third-order valence-electron chi connectivity index (χ3n) is 3.56. The van der Waals surface area contributed by atoms with Crippen LogP contribution in [-0.2, 0) is 14.8 Å². The zero-order chi connectivity index (χ0) is 15.5. The van der Waals surface area contributed by atoms with Gasteiger partial charge in [0.05, 0.1) is 17.6 Å². The Balaban J connectivity index is 2.13. The van der Waals surface area contributed by atoms with E-state index in [1.165, 1.54) is 19.2 Å². The van der Waals surface area contributed by atoms with Gasteiger partial charge >= 0.3 is 0 Å². The number of nitrogens with zero attached hydrogens (tertiary/aromatic N) is 1. The normalized spacial score (nSPS) is 19.5. The minimum absolute atomic E-state index is 0.0756. The van der Waals surface area contributed by atoms with Gasteiger partial charge in [0.25, 0.3) is 5.91 Å². The summed E-state index contributed by atoms with van der Waals surface area (Å²) in [5, 5.41) is 0. The Labute approximate surface area is 125 Å². The number of carbonyl (C=O) groups excluding carboxylic acids is 1. The molecule has 0 spiro atoms. The minimum atomic E-state index is -3.47. The highest BCUT2D eigenvalue weighted by Gasteiger charge is 2.24. The maximum absolute atomic E-state index is 12.4. The molecule has 7 heteroatoms. The summed E-state index contributed by atoms with van der Waals surface area (Å²) in [5.41, 5.74) is 0.488. The second kappa shape index (κ2) is 6.55. The smallest absolute Gasteiger partial charge is 0.254 e. The van der Waals surface area contributed by atoms with E-state index in [1.54, 1.807) is 17.0 Å². The Morgan fingerprint density at radius 1 is 1.38 bits per heavy atom. The SMILES string of the molecule is CCC1CN(C(=O)c2ccc(S(=O)(=O)NC)cc2)CCO1. The molecule has 6 nitrogen and oxygen atoms in total. The lowest BCUT2D eigenvalue weighted by Crippen LogP contribution is -2.45. The molecule has 1 fully saturated rings. The summed E-state index contributed by atoms with van der Waals surface area (Å²) >= 11 is 0. The van der Waals surface area contributed by atoms with Crippen LogP contribution in [0.3, 0.4) is 0 Å². The zero-order valence-corrected chi connectivity index (χ0v) is 13.0. The van der Waals surface area contributed by atoms with Crippen LogP contribution >= 0.6 is 0 Å². The molecule has 0 radical (unpaired) electrons. The summed E-state index contributed by atoms with van der Waals surface area (Å²) in [6.45, 7) is 3.70. The second-order valence-corrected chi connectivity index (χ2v) is 6.77. The number of morpholine rings is 1. The van der Waals surface area contributed by atoms with Gasteiger partial charge < -0.3 is 9.64 Å². The van der Waals surface area contributed by atoms with E-state index in [9.17, 15) is 13.2 Å². The average molecular weight is 312 g/mol. The monoisotopic (exact) mass is 312 g/mol. The quantitative estimate of drug-likeness (QED) is 0.894. The van der Waals surface area contributed by atoms with Crippen LogP contribution in [0.5, 0.6) is 0 Å². The highest BCUT2D eigenvalue weighted by Crippen LogP contribution is 2.15. The van der Waals surface area contributed by atoms with Crippen molar-refractivity contribution in [2.75, 3.05) is 26.7 Å². The molecule has 1 atom stereocenters. The fourth-order valence-corrected chi connectivity index (χ4v) is 2.96. The van der Waals surface area contributed by atoms with E-state index in [1.807, 2.05) is 6.92 Å². The molecule has 1 aliphatic rings. The first-order valence-electron chi connectivity index (χ1n) is 6.92. The first kappa shape index (κ1) is 15.9. The van der Waals surface area contributed by atoms with Gasteiger partial charge in [-0.3, -0.25) is 4.79 Å². The van der Waals surface area contributed by atoms with Crippen molar-refractivity contribution in [3.05, 3.63) is 29.8 Å². The number of hydrogen-bond acceptors (Lipinski definition) is 4. The van der Waals surface area contributed by atoms with E-state index in [2.05, 4.69) is 4.72 Å². The predicted molar refractivity (Wildman–Crippen MR) is 78.6 cm³/mol. The van der Waals surface area contributed by atoms with Gasteiger partial charge in [-0.25, -0.2) is 13.1 Å². The van der Waals surface area contributed by atoms with E-state index < -0.39 is 10.0 Å². The van der Waals surface area contributed by atoms with Crippen molar-refractivity contribution in [3.8, 4) is 0 Å². The van der Waals surface area contributed by atoms with Crippen LogP contribution in [0.1, 0.15) is 23.7 Å². The van der Waals surface area contributed by atoms with Crippen LogP contribution in [0.25, 0.3) is 0 Å². The van der Waals surface area contributed by atoms with Gasteiger partial charge in [-0.1, -0.05) is 6.92 Å². The molecule has 1 unspecified atom stereocenters. The van der Waals surface area contributed by atoms with Gasteiger partial charge in [0, 0.05) is 18.7 Å². The first-order chi connectivity index (χ1) is 9.97. The summed E-state index contributed by atoms with van der Waals surface area (Å²) in [6, 6.07) is 5.97. The van der Waals surface area contributed by atoms with Crippen LogP contribution in [0.2, 0.25) is 0 Å². The number of benzene rings is 1. The molecule has 2 rings (SSSR count). The van der Waals surface area contributed by atoms with E-state index in [-0.39, 0.29) is 16.9 Å². The summed E-state index contributed by atoms with van der Waals surface area (Å²) in [6.07, 6.45) is 0.940. The van der Waals surface area contributed by atoms with Gasteiger partial charge in [-0.15, -0.1) is 0 Å². The van der Waals surface area contributed by atoms with Gasteiger partial charge in [0.2, 0.25) is 10.0 Å². The lowest BCUT2D eigenvalue weighted by Gasteiger charge is -2.32. The lowest BCUT2D eigenvalue weighted by molar-refractivity contribution is -0.0226. The molecule has 1 aromatic rings. The summed E-state index contributed by atoms with van der Waals surface area (Å²) < 4.78 is 31.1. The van der Waals surface area contributed by atoms with Crippen LogP contribution in [0.4, 0.5) is 0 Å². The Bertz CT molecular complexity index is 598. The average Bonchev–Trinajstić information content (AvgIpc) is 2.54. The summed E-state index contributed by atoms with van der Waals surface area (Å²) in [7, 11) is -2.12. The number of sulfonamides is 1. The zero-order valence-electron chi connectivity index (χ0n) is 12.2. The van der Waals surface area contributed by atoms with Crippen molar-refractivity contribution in [3.63, 3.8) is 0 Å². The van der Waals surface area contributed by atoms with Crippen molar-refractivity contribution in [1.82, 2.24) is 9.62 Å². The van der Waals surface area contributed by atoms with Crippen LogP contribution < -0.4 is 4.72 Å². The summed E-state index contributed by atoms with van der Waals surface area (Å²) in [4.78, 5) is 14.3. The Morgan fingerprint density at radius 2 is 2.05 bits per heavy atom. The highest BCUT2D eigenvalue weighted by atomic mass is 32.2. The molecule has 1 aliphatic heterocycles. The topological polar surface area (TPSA) is 75.7 Å². The van der Waals surface area contributed by atoms with Gasteiger partial charge in [0.15, 0.2) is 0 Å². The van der Waals surface area contributed by atoms with Crippen LogP contribution in [0.15, 0.2) is 29.2 Å². The van der Waals surface area contributed by atoms with Crippen molar-refractivity contribution in [1.29, 1.82) is 0 Å². The van der Waals surface area contributed by atoms with Crippen LogP contribution in [-0.4, -0.2) is 52.1 Å². The molecule has 1 amide bonds. The molecular weight excluding hydrogens is 292 g/mol. The van der Waals surface area contributed by atoms with Crippen molar-refractivity contribution < 1.29 is 17.9 Å². The third kappa shape index (κ3) is 3.61. The van der Waals surface area contributed by atoms with Gasteiger partial charge in [0.1, 0.15) is 0 Å². The fraction of sp³-hybridized carbons (Fsp3) is 0.500. The summed E-state index contributed by atoms with van der Waals surface area (Å²) in [5.74, 6) is -0.0924. The van der Waals surface area contributed by atoms with E-state index in [0.29, 0.717) is 25.3 Å². The Morgan fingerprint density at radius 3 is 2.62 bits per heavy atom. The Hall–Kier alpha value is -1.44. The lowest BCUT2D eigenvalue weighted by atomic mass is 10.1. The highest BCUT2D eigenvalue weighted by molar-refractivity contribution is 7.89. The Kier molecular flexibility index (Phi) is 4.97. The minimum Gasteiger partial charge on any atom is -0.375 e. The molecule has 1 N–H and O–H groups in total.